The number of nitrogens with two attached hydrogens (primary N) is 1. The van der Waals surface area contributed by atoms with Crippen molar-refractivity contribution in [2.75, 3.05) is 11.9 Å². The lowest BCUT2D eigenvalue weighted by Crippen LogP contribution is -2.20. The summed E-state index contributed by atoms with van der Waals surface area (Å²) < 4.78 is 0. The lowest BCUT2D eigenvalue weighted by molar-refractivity contribution is 0.789. The van der Waals surface area contributed by atoms with Gasteiger partial charge in [0, 0.05) is 24.1 Å². The third-order valence-corrected chi connectivity index (χ3v) is 2.68. The molecule has 1 aromatic carbocycles. The van der Waals surface area contributed by atoms with Crippen LogP contribution in [0.4, 0.5) is 5.69 Å². The number of hydrogen-bond acceptors (Lipinski definition) is 3. The third kappa shape index (κ3) is 3.04. The molecule has 0 aliphatic carbocycles. The molecule has 3 nitrogen and oxygen atoms in total. The van der Waals surface area contributed by atoms with E-state index in [4.69, 9.17) is 5.73 Å². The Bertz CT molecular complexity index is 468. The molecule has 0 spiro atoms. The lowest BCUT2D eigenvalue weighted by atomic mass is 10.1. The summed E-state index contributed by atoms with van der Waals surface area (Å²) >= 11 is 0. The van der Waals surface area contributed by atoms with E-state index in [1.165, 1.54) is 5.56 Å². The molecule has 17 heavy (non-hydrogen) atoms. The topological polar surface area (TPSA) is 50.9 Å². The predicted molar refractivity (Wildman–Crippen MR) is 70.8 cm³/mol. The molecular weight excluding hydrogens is 210 g/mol. The summed E-state index contributed by atoms with van der Waals surface area (Å²) in [6.45, 7) is 2.54. The summed E-state index contributed by atoms with van der Waals surface area (Å²) in [4.78, 5) is 4.17. The van der Waals surface area contributed by atoms with Gasteiger partial charge in [0.1, 0.15) is 0 Å². The molecule has 1 unspecified atom stereocenters. The zero-order valence-electron chi connectivity index (χ0n) is 9.93. The lowest BCUT2D eigenvalue weighted by Gasteiger charge is -2.18. The second-order valence-corrected chi connectivity index (χ2v) is 4.03. The van der Waals surface area contributed by atoms with Crippen molar-refractivity contribution in [2.24, 2.45) is 5.73 Å². The number of benzene rings is 1. The first-order chi connectivity index (χ1) is 8.29. The van der Waals surface area contributed by atoms with E-state index in [-0.39, 0.29) is 6.04 Å². The van der Waals surface area contributed by atoms with Crippen LogP contribution in [-0.4, -0.2) is 11.5 Å². The van der Waals surface area contributed by atoms with Gasteiger partial charge in [0.25, 0.3) is 0 Å². The Hall–Kier alpha value is -1.87. The Morgan fingerprint density at radius 3 is 2.65 bits per heavy atom. The maximum atomic E-state index is 5.81. The van der Waals surface area contributed by atoms with Crippen LogP contribution in [0.2, 0.25) is 0 Å². The van der Waals surface area contributed by atoms with Crippen LogP contribution in [0.3, 0.4) is 0 Å². The summed E-state index contributed by atoms with van der Waals surface area (Å²) in [5.41, 5.74) is 9.06. The highest BCUT2D eigenvalue weighted by molar-refractivity contribution is 5.45. The van der Waals surface area contributed by atoms with Crippen molar-refractivity contribution in [3.05, 3.63) is 59.9 Å². The molecule has 0 radical (unpaired) electrons. The summed E-state index contributed by atoms with van der Waals surface area (Å²) in [5, 5.41) is 3.42. The molecule has 0 aliphatic rings. The van der Waals surface area contributed by atoms with Gasteiger partial charge in [-0.3, -0.25) is 4.98 Å². The molecule has 1 aromatic heterocycles. The van der Waals surface area contributed by atoms with Crippen molar-refractivity contribution < 1.29 is 0 Å². The fourth-order valence-electron chi connectivity index (χ4n) is 1.80. The minimum atomic E-state index is 0.137. The van der Waals surface area contributed by atoms with E-state index in [0.29, 0.717) is 6.54 Å². The molecule has 1 heterocycles. The number of aryl methyl sites for hydroxylation is 1. The van der Waals surface area contributed by atoms with Gasteiger partial charge in [-0.2, -0.15) is 0 Å². The maximum absolute atomic E-state index is 5.81. The van der Waals surface area contributed by atoms with E-state index < -0.39 is 0 Å². The Balaban J connectivity index is 2.16. The zero-order chi connectivity index (χ0) is 12.1. The monoisotopic (exact) mass is 227 g/mol. The average Bonchev–Trinajstić information content (AvgIpc) is 2.37. The molecule has 1 atom stereocenters. The molecule has 0 aliphatic heterocycles. The highest BCUT2D eigenvalue weighted by Gasteiger charge is 2.08. The normalized spacial score (nSPS) is 12.1. The highest BCUT2D eigenvalue weighted by Crippen LogP contribution is 2.18. The largest absolute Gasteiger partial charge is 0.377 e. The molecule has 0 fully saturated rings. The summed E-state index contributed by atoms with van der Waals surface area (Å²) in [5.74, 6) is 0. The van der Waals surface area contributed by atoms with E-state index in [2.05, 4.69) is 22.4 Å². The van der Waals surface area contributed by atoms with Crippen LogP contribution in [0.25, 0.3) is 0 Å². The van der Waals surface area contributed by atoms with Gasteiger partial charge in [0.15, 0.2) is 0 Å². The van der Waals surface area contributed by atoms with Gasteiger partial charge in [0.05, 0.1) is 6.04 Å². The van der Waals surface area contributed by atoms with Crippen LogP contribution >= 0.6 is 0 Å². The van der Waals surface area contributed by atoms with Crippen LogP contribution < -0.4 is 11.1 Å². The van der Waals surface area contributed by atoms with Crippen molar-refractivity contribution in [1.82, 2.24) is 4.98 Å². The Labute approximate surface area is 102 Å². The smallest absolute Gasteiger partial charge is 0.0636 e. The second kappa shape index (κ2) is 5.46. The number of pyridine rings is 1. The molecule has 88 valence electrons. The van der Waals surface area contributed by atoms with Gasteiger partial charge < -0.3 is 11.1 Å². The molecule has 3 N–H and O–H groups in total. The Kier molecular flexibility index (Phi) is 3.73. The number of anilines is 1. The van der Waals surface area contributed by atoms with E-state index in [1.807, 2.05) is 37.3 Å². The second-order valence-electron chi connectivity index (χ2n) is 4.03. The Morgan fingerprint density at radius 2 is 2.00 bits per heavy atom. The highest BCUT2D eigenvalue weighted by atomic mass is 14.9. The zero-order valence-corrected chi connectivity index (χ0v) is 9.93. The van der Waals surface area contributed by atoms with Crippen LogP contribution in [-0.2, 0) is 0 Å². The summed E-state index contributed by atoms with van der Waals surface area (Å²) in [6, 6.07) is 14.3. The molecule has 3 heteroatoms. The minimum absolute atomic E-state index is 0.137. The molecule has 0 bridgehead atoms. The van der Waals surface area contributed by atoms with Crippen LogP contribution in [0, 0.1) is 6.92 Å². The third-order valence-electron chi connectivity index (χ3n) is 2.68. The Morgan fingerprint density at radius 1 is 1.24 bits per heavy atom. The van der Waals surface area contributed by atoms with E-state index in [9.17, 15) is 0 Å². The van der Waals surface area contributed by atoms with Crippen molar-refractivity contribution in [3.63, 3.8) is 0 Å². The molecule has 0 saturated heterocycles. The standard InChI is InChI=1S/C14H17N3/c1-11-9-13(7-8-16-11)17-14(10-15)12-5-3-2-4-6-12/h2-9,14H,10,15H2,1H3,(H,16,17). The quantitative estimate of drug-likeness (QED) is 0.843. The van der Waals surface area contributed by atoms with E-state index in [1.54, 1.807) is 6.20 Å². The molecular formula is C14H17N3. The minimum Gasteiger partial charge on any atom is -0.377 e. The van der Waals surface area contributed by atoms with E-state index >= 15 is 0 Å². The number of nitrogens with one attached hydrogen (secondary N) is 1. The SMILES string of the molecule is Cc1cc(NC(CN)c2ccccc2)ccn1. The number of hydrogen-bond donors (Lipinski definition) is 2. The molecule has 2 aromatic rings. The summed E-state index contributed by atoms with van der Waals surface area (Å²) in [6.07, 6.45) is 1.80. The first-order valence-electron chi connectivity index (χ1n) is 5.74. The molecule has 2 rings (SSSR count). The maximum Gasteiger partial charge on any atom is 0.0636 e. The molecule has 0 amide bonds. The van der Waals surface area contributed by atoms with Gasteiger partial charge in [0.2, 0.25) is 0 Å². The summed E-state index contributed by atoms with van der Waals surface area (Å²) in [7, 11) is 0. The van der Waals surface area contributed by atoms with Gasteiger partial charge in [-0.1, -0.05) is 30.3 Å². The number of nitrogens with zero attached hydrogens (tertiary/aromatic N) is 1. The fraction of sp³-hybridized carbons (Fsp3) is 0.214. The van der Waals surface area contributed by atoms with Gasteiger partial charge in [-0.25, -0.2) is 0 Å². The van der Waals surface area contributed by atoms with Crippen molar-refractivity contribution >= 4 is 5.69 Å². The predicted octanol–water partition coefficient (Wildman–Crippen LogP) is 2.50. The van der Waals surface area contributed by atoms with Crippen molar-refractivity contribution in [1.29, 1.82) is 0 Å². The van der Waals surface area contributed by atoms with Gasteiger partial charge >= 0.3 is 0 Å². The first kappa shape index (κ1) is 11.6. The number of aromatic nitrogens is 1. The van der Waals surface area contributed by atoms with Crippen molar-refractivity contribution in [3.8, 4) is 0 Å². The average molecular weight is 227 g/mol. The van der Waals surface area contributed by atoms with Crippen LogP contribution in [0.1, 0.15) is 17.3 Å². The van der Waals surface area contributed by atoms with Gasteiger partial charge in [-0.15, -0.1) is 0 Å². The fourth-order valence-corrected chi connectivity index (χ4v) is 1.80. The van der Waals surface area contributed by atoms with Gasteiger partial charge in [-0.05, 0) is 24.6 Å². The molecule has 0 saturated carbocycles. The van der Waals surface area contributed by atoms with Crippen LogP contribution in [0.5, 0.6) is 0 Å². The number of rotatable bonds is 4. The first-order valence-corrected chi connectivity index (χ1v) is 5.74. The van der Waals surface area contributed by atoms with Crippen LogP contribution in [0.15, 0.2) is 48.7 Å². The van der Waals surface area contributed by atoms with Crippen molar-refractivity contribution in [2.45, 2.75) is 13.0 Å². The van der Waals surface area contributed by atoms with E-state index in [0.717, 1.165) is 11.4 Å².